The molecule has 0 atom stereocenters. The van der Waals surface area contributed by atoms with E-state index in [9.17, 15) is 4.79 Å². The number of carbonyl (C=O) groups excluding carboxylic acids is 1. The van der Waals surface area contributed by atoms with E-state index in [0.29, 0.717) is 24.2 Å². The van der Waals surface area contributed by atoms with Crippen LogP contribution in [0.25, 0.3) is 0 Å². The van der Waals surface area contributed by atoms with Crippen LogP contribution < -0.4 is 5.32 Å². The number of aliphatic hydroxyl groups excluding tert-OH is 1. The second kappa shape index (κ2) is 7.17. The summed E-state index contributed by atoms with van der Waals surface area (Å²) in [4.78, 5) is 16.1. The molecule has 0 spiro atoms. The van der Waals surface area contributed by atoms with Crippen LogP contribution in [-0.4, -0.2) is 22.6 Å². The molecule has 104 valence electrons. The minimum absolute atomic E-state index is 0.0248. The van der Waals surface area contributed by atoms with Crippen molar-refractivity contribution in [3.05, 3.63) is 63.9 Å². The number of aliphatic hydroxyl groups is 1. The lowest BCUT2D eigenvalue weighted by Gasteiger charge is -2.06. The molecular formula is C15H15BrN2O2. The molecule has 1 aromatic carbocycles. The van der Waals surface area contributed by atoms with Gasteiger partial charge in [-0.15, -0.1) is 0 Å². The van der Waals surface area contributed by atoms with Gasteiger partial charge in [-0.25, -0.2) is 0 Å². The van der Waals surface area contributed by atoms with Crippen LogP contribution in [0.3, 0.4) is 0 Å². The Hall–Kier alpha value is -1.72. The zero-order valence-electron chi connectivity index (χ0n) is 10.8. The fourth-order valence-electron chi connectivity index (χ4n) is 1.76. The molecule has 2 N–H and O–H groups in total. The monoisotopic (exact) mass is 334 g/mol. The van der Waals surface area contributed by atoms with E-state index in [2.05, 4.69) is 26.2 Å². The SMILES string of the molecule is O=C(NCc1ccc(Br)cc1)c1ccnc(CCO)c1. The van der Waals surface area contributed by atoms with E-state index in [1.807, 2.05) is 24.3 Å². The predicted molar refractivity (Wildman–Crippen MR) is 80.3 cm³/mol. The van der Waals surface area contributed by atoms with Crippen molar-refractivity contribution >= 4 is 21.8 Å². The van der Waals surface area contributed by atoms with E-state index in [0.717, 1.165) is 10.0 Å². The molecular weight excluding hydrogens is 320 g/mol. The normalized spacial score (nSPS) is 10.3. The largest absolute Gasteiger partial charge is 0.396 e. The molecule has 0 radical (unpaired) electrons. The van der Waals surface area contributed by atoms with Crippen LogP contribution in [0.5, 0.6) is 0 Å². The van der Waals surface area contributed by atoms with E-state index in [1.54, 1.807) is 18.3 Å². The van der Waals surface area contributed by atoms with Gasteiger partial charge in [-0.1, -0.05) is 28.1 Å². The van der Waals surface area contributed by atoms with E-state index in [1.165, 1.54) is 0 Å². The molecule has 4 nitrogen and oxygen atoms in total. The van der Waals surface area contributed by atoms with Crippen molar-refractivity contribution in [1.82, 2.24) is 10.3 Å². The lowest BCUT2D eigenvalue weighted by atomic mass is 10.1. The molecule has 1 heterocycles. The predicted octanol–water partition coefficient (Wildman–Crippen LogP) is 2.31. The van der Waals surface area contributed by atoms with Gasteiger partial charge in [-0.05, 0) is 29.8 Å². The maximum Gasteiger partial charge on any atom is 0.251 e. The van der Waals surface area contributed by atoms with E-state index >= 15 is 0 Å². The molecule has 5 heteroatoms. The Bertz CT molecular complexity index is 585. The molecule has 1 amide bonds. The summed E-state index contributed by atoms with van der Waals surface area (Å²) >= 11 is 3.37. The Kier molecular flexibility index (Phi) is 5.26. The highest BCUT2D eigenvalue weighted by Crippen LogP contribution is 2.10. The summed E-state index contributed by atoms with van der Waals surface area (Å²) in [6.07, 6.45) is 2.04. The van der Waals surface area contributed by atoms with Crippen molar-refractivity contribution in [2.45, 2.75) is 13.0 Å². The quantitative estimate of drug-likeness (QED) is 0.881. The van der Waals surface area contributed by atoms with E-state index in [4.69, 9.17) is 5.11 Å². The topological polar surface area (TPSA) is 62.2 Å². The number of carbonyl (C=O) groups is 1. The summed E-state index contributed by atoms with van der Waals surface area (Å²) < 4.78 is 1.01. The molecule has 0 aliphatic carbocycles. The number of benzene rings is 1. The van der Waals surface area contributed by atoms with Gasteiger partial charge in [0, 0.05) is 41.5 Å². The molecule has 0 bridgehead atoms. The first-order valence-corrected chi connectivity index (χ1v) is 7.07. The van der Waals surface area contributed by atoms with Crippen molar-refractivity contribution in [2.75, 3.05) is 6.61 Å². The fourth-order valence-corrected chi connectivity index (χ4v) is 2.02. The summed E-state index contributed by atoms with van der Waals surface area (Å²) in [6.45, 7) is 0.501. The van der Waals surface area contributed by atoms with Crippen LogP contribution >= 0.6 is 15.9 Å². The van der Waals surface area contributed by atoms with Crippen molar-refractivity contribution < 1.29 is 9.90 Å². The molecule has 0 unspecified atom stereocenters. The summed E-state index contributed by atoms with van der Waals surface area (Å²) in [5.74, 6) is -0.144. The molecule has 2 rings (SSSR count). The van der Waals surface area contributed by atoms with Crippen molar-refractivity contribution in [3.63, 3.8) is 0 Å². The van der Waals surface area contributed by atoms with Crippen LogP contribution in [0.1, 0.15) is 21.6 Å². The third-order valence-corrected chi connectivity index (χ3v) is 3.34. The zero-order valence-corrected chi connectivity index (χ0v) is 12.4. The molecule has 0 aliphatic heterocycles. The third-order valence-electron chi connectivity index (χ3n) is 2.81. The van der Waals surface area contributed by atoms with Crippen LogP contribution in [0.15, 0.2) is 47.1 Å². The number of halogens is 1. The van der Waals surface area contributed by atoms with E-state index in [-0.39, 0.29) is 12.5 Å². The van der Waals surface area contributed by atoms with Crippen molar-refractivity contribution in [1.29, 1.82) is 0 Å². The number of amides is 1. The van der Waals surface area contributed by atoms with Gasteiger partial charge in [0.05, 0.1) is 0 Å². The number of nitrogens with zero attached hydrogens (tertiary/aromatic N) is 1. The molecule has 0 fully saturated rings. The van der Waals surface area contributed by atoms with Crippen molar-refractivity contribution in [3.8, 4) is 0 Å². The van der Waals surface area contributed by atoms with Gasteiger partial charge >= 0.3 is 0 Å². The minimum atomic E-state index is -0.144. The second-order valence-electron chi connectivity index (χ2n) is 4.32. The smallest absolute Gasteiger partial charge is 0.251 e. The Balaban J connectivity index is 1.97. The van der Waals surface area contributed by atoms with Crippen LogP contribution in [0.2, 0.25) is 0 Å². The van der Waals surface area contributed by atoms with Gasteiger partial charge in [0.25, 0.3) is 5.91 Å². The molecule has 20 heavy (non-hydrogen) atoms. The van der Waals surface area contributed by atoms with Crippen LogP contribution in [0, 0.1) is 0 Å². The van der Waals surface area contributed by atoms with Gasteiger partial charge < -0.3 is 10.4 Å². The number of hydrogen-bond acceptors (Lipinski definition) is 3. The van der Waals surface area contributed by atoms with Gasteiger partial charge in [-0.2, -0.15) is 0 Å². The molecule has 1 aromatic heterocycles. The highest BCUT2D eigenvalue weighted by molar-refractivity contribution is 9.10. The second-order valence-corrected chi connectivity index (χ2v) is 5.23. The lowest BCUT2D eigenvalue weighted by Crippen LogP contribution is -2.23. The highest BCUT2D eigenvalue weighted by Gasteiger charge is 2.06. The summed E-state index contributed by atoms with van der Waals surface area (Å²) in [7, 11) is 0. The lowest BCUT2D eigenvalue weighted by molar-refractivity contribution is 0.0950. The maximum absolute atomic E-state index is 12.0. The number of aromatic nitrogens is 1. The number of hydrogen-bond donors (Lipinski definition) is 2. The van der Waals surface area contributed by atoms with Crippen molar-refractivity contribution in [2.24, 2.45) is 0 Å². The summed E-state index contributed by atoms with van der Waals surface area (Å²) in [5, 5.41) is 11.7. The molecule has 0 aliphatic rings. The molecule has 0 saturated heterocycles. The maximum atomic E-state index is 12.0. The average Bonchev–Trinajstić information content (AvgIpc) is 2.47. The van der Waals surface area contributed by atoms with Gasteiger partial charge in [0.1, 0.15) is 0 Å². The van der Waals surface area contributed by atoms with Gasteiger partial charge in [0.15, 0.2) is 0 Å². The Labute approximate surface area is 126 Å². The molecule has 2 aromatic rings. The zero-order chi connectivity index (χ0) is 14.4. The van der Waals surface area contributed by atoms with Crippen LogP contribution in [-0.2, 0) is 13.0 Å². The first kappa shape index (κ1) is 14.7. The standard InChI is InChI=1S/C15H15BrN2O2/c16-13-3-1-11(2-4-13)10-18-15(20)12-5-7-17-14(9-12)6-8-19/h1-5,7,9,19H,6,8,10H2,(H,18,20). The number of pyridine rings is 1. The molecule has 0 saturated carbocycles. The van der Waals surface area contributed by atoms with E-state index < -0.39 is 0 Å². The first-order valence-electron chi connectivity index (χ1n) is 6.27. The average molecular weight is 335 g/mol. The highest BCUT2D eigenvalue weighted by atomic mass is 79.9. The van der Waals surface area contributed by atoms with Gasteiger partial charge in [0.2, 0.25) is 0 Å². The Morgan fingerprint density at radius 2 is 2.00 bits per heavy atom. The summed E-state index contributed by atoms with van der Waals surface area (Å²) in [6, 6.07) is 11.1. The first-order chi connectivity index (χ1) is 9.69. The number of rotatable bonds is 5. The minimum Gasteiger partial charge on any atom is -0.396 e. The summed E-state index contributed by atoms with van der Waals surface area (Å²) in [5.41, 5.74) is 2.30. The third kappa shape index (κ3) is 4.15. The van der Waals surface area contributed by atoms with Gasteiger partial charge in [-0.3, -0.25) is 9.78 Å². The van der Waals surface area contributed by atoms with Crippen LogP contribution in [0.4, 0.5) is 0 Å². The number of nitrogens with one attached hydrogen (secondary N) is 1. The Morgan fingerprint density at radius 3 is 2.70 bits per heavy atom. The fraction of sp³-hybridized carbons (Fsp3) is 0.200. The Morgan fingerprint density at radius 1 is 1.25 bits per heavy atom.